The second kappa shape index (κ2) is 14.4. The number of aromatic nitrogens is 2. The Kier molecular flexibility index (Phi) is 9.42. The van der Waals surface area contributed by atoms with E-state index in [9.17, 15) is 14.4 Å². The Balaban J connectivity index is 0.940. The van der Waals surface area contributed by atoms with Gasteiger partial charge < -0.3 is 30.6 Å². The zero-order valence-electron chi connectivity index (χ0n) is 34.4. The van der Waals surface area contributed by atoms with Crippen LogP contribution in [-0.2, 0) is 14.3 Å². The van der Waals surface area contributed by atoms with Crippen LogP contribution in [0.1, 0.15) is 89.2 Å². The fourth-order valence-electron chi connectivity index (χ4n) is 9.94. The Bertz CT molecular complexity index is 2620. The van der Waals surface area contributed by atoms with Crippen molar-refractivity contribution in [2.24, 2.45) is 34.4 Å². The molecule has 2 saturated carbocycles. The highest BCUT2D eigenvalue weighted by Gasteiger charge is 2.68. The Labute approximate surface area is 344 Å². The van der Waals surface area contributed by atoms with Crippen LogP contribution < -0.4 is 16.4 Å². The maximum Gasteiger partial charge on any atom is 0.408 e. The van der Waals surface area contributed by atoms with Gasteiger partial charge in [-0.25, -0.2) is 9.78 Å². The van der Waals surface area contributed by atoms with Crippen LogP contribution in [0.3, 0.4) is 0 Å². The average Bonchev–Trinajstić information content (AvgIpc) is 3.85. The van der Waals surface area contributed by atoms with Gasteiger partial charge in [-0.1, -0.05) is 63.8 Å². The van der Waals surface area contributed by atoms with Gasteiger partial charge in [0.1, 0.15) is 11.5 Å². The molecule has 12 heteroatoms. The number of aromatic amines is 1. The van der Waals surface area contributed by atoms with Crippen molar-refractivity contribution >= 4 is 68.6 Å². The SMILES string of the molecule is C=Nc1ccc2cc(C#Cc3ccc4c(ccc5[nH]c([C@@H]6C[C@H]7C[C@@]7(N)N6C(=O)CC(C)C)nc54)c3)ccc2c1NC[C@@H]1C[C@H]2C[C@@]2(NC(=O)OC)N1C(=O)CC(C)C. The number of nitrogens with two attached hydrogens (primary N) is 1. The number of hydrogen-bond donors (Lipinski definition) is 4. The molecule has 6 atom stereocenters. The minimum Gasteiger partial charge on any atom is -0.453 e. The zero-order chi connectivity index (χ0) is 41.4. The first kappa shape index (κ1) is 38.6. The number of hydrogen-bond acceptors (Lipinski definition) is 8. The lowest BCUT2D eigenvalue weighted by Gasteiger charge is -2.35. The molecule has 2 aliphatic heterocycles. The highest BCUT2D eigenvalue weighted by atomic mass is 16.5. The third kappa shape index (κ3) is 6.75. The van der Waals surface area contributed by atoms with E-state index in [-0.39, 0.29) is 41.7 Å². The van der Waals surface area contributed by atoms with Gasteiger partial charge in [0.15, 0.2) is 0 Å². The number of alkyl carbamates (subject to hydrolysis) is 1. The van der Waals surface area contributed by atoms with E-state index >= 15 is 0 Å². The van der Waals surface area contributed by atoms with E-state index in [0.29, 0.717) is 25.3 Å². The zero-order valence-corrected chi connectivity index (χ0v) is 34.4. The van der Waals surface area contributed by atoms with Crippen LogP contribution in [0.25, 0.3) is 32.6 Å². The lowest BCUT2D eigenvalue weighted by atomic mass is 10.0. The van der Waals surface area contributed by atoms with E-state index in [2.05, 4.69) is 89.4 Å². The molecule has 9 rings (SSSR count). The Hall–Kier alpha value is -5.93. The molecule has 0 spiro atoms. The number of likely N-dealkylation sites (tertiary alicyclic amines) is 2. The van der Waals surface area contributed by atoms with Crippen molar-refractivity contribution in [2.75, 3.05) is 19.0 Å². The number of anilines is 1. The predicted octanol–water partition coefficient (Wildman–Crippen LogP) is 7.73. The van der Waals surface area contributed by atoms with E-state index in [4.69, 9.17) is 15.5 Å². The standard InChI is InChI=1S/C47H52N8O4/c1-26(2)17-40(56)54-34(21-33-24-47(33,54)53-45(58)59-6)25-50-42-35-13-9-28(19-30(35)11-15-37(42)49-5)7-8-29-10-14-36-31(20-29)12-16-38-43(36)52-44(51-38)39-22-32-23-46(32,48)55(39)41(57)18-27(3)4/h9-16,19-20,26-27,32-34,39,50H,5,17-18,21-25,48H2,1-4,6H3,(H,51,52)(H,53,58)/t32-,33-,34-,39-,46+,47+/m0/s1. The molecule has 304 valence electrons. The minimum absolute atomic E-state index is 0.0323. The number of carbonyl (C=O) groups is 3. The fourth-order valence-corrected chi connectivity index (χ4v) is 9.94. The van der Waals surface area contributed by atoms with E-state index in [1.807, 2.05) is 47.9 Å². The molecule has 0 bridgehead atoms. The summed E-state index contributed by atoms with van der Waals surface area (Å²) in [5.74, 6) is 8.60. The molecule has 0 radical (unpaired) electrons. The summed E-state index contributed by atoms with van der Waals surface area (Å²) in [6.07, 6.45) is 3.54. The number of fused-ring (bicyclic) bond motifs is 6. The van der Waals surface area contributed by atoms with E-state index in [1.54, 1.807) is 0 Å². The number of rotatable bonds is 10. The topological polar surface area (TPSA) is 158 Å². The summed E-state index contributed by atoms with van der Waals surface area (Å²) in [5, 5.41) is 10.6. The van der Waals surface area contributed by atoms with Gasteiger partial charge in [-0.3, -0.25) is 19.9 Å². The highest BCUT2D eigenvalue weighted by molar-refractivity contribution is 6.05. The number of carbonyl (C=O) groups excluding carboxylic acids is 3. The Morgan fingerprint density at radius 1 is 0.915 bits per heavy atom. The first-order valence-corrected chi connectivity index (χ1v) is 20.8. The summed E-state index contributed by atoms with van der Waals surface area (Å²) in [5.41, 5.74) is 10.6. The van der Waals surface area contributed by atoms with Crippen LogP contribution in [0.4, 0.5) is 16.2 Å². The molecule has 59 heavy (non-hydrogen) atoms. The molecule has 12 nitrogen and oxygen atoms in total. The van der Waals surface area contributed by atoms with Crippen molar-refractivity contribution in [1.29, 1.82) is 0 Å². The lowest BCUT2D eigenvalue weighted by Crippen LogP contribution is -2.56. The fraction of sp³-hybridized carbons (Fsp3) is 0.426. The molecular weight excluding hydrogens is 741 g/mol. The van der Waals surface area contributed by atoms with Crippen molar-refractivity contribution < 1.29 is 19.1 Å². The van der Waals surface area contributed by atoms with Crippen molar-refractivity contribution in [3.05, 3.63) is 77.6 Å². The molecular formula is C47H52N8O4. The van der Waals surface area contributed by atoms with Crippen LogP contribution in [0, 0.1) is 35.5 Å². The van der Waals surface area contributed by atoms with Gasteiger partial charge in [0.05, 0.1) is 47.3 Å². The van der Waals surface area contributed by atoms with Gasteiger partial charge in [-0.2, -0.15) is 0 Å². The number of nitrogens with zero attached hydrogens (tertiary/aromatic N) is 4. The van der Waals surface area contributed by atoms with Crippen LogP contribution >= 0.6 is 0 Å². The number of aliphatic imine (C=N–C) groups is 1. The van der Waals surface area contributed by atoms with Crippen molar-refractivity contribution in [2.45, 2.75) is 89.6 Å². The molecule has 2 aliphatic carbocycles. The van der Waals surface area contributed by atoms with Crippen LogP contribution in [-0.4, -0.2) is 75.4 Å². The highest BCUT2D eigenvalue weighted by Crippen LogP contribution is 2.59. The molecule has 3 heterocycles. The predicted molar refractivity (Wildman–Crippen MR) is 231 cm³/mol. The van der Waals surface area contributed by atoms with Gasteiger partial charge in [0.25, 0.3) is 0 Å². The molecule has 5 aromatic rings. The van der Waals surface area contributed by atoms with Gasteiger partial charge in [-0.05, 0) is 91.4 Å². The van der Waals surface area contributed by atoms with Gasteiger partial charge in [-0.15, -0.1) is 0 Å². The van der Waals surface area contributed by atoms with Gasteiger partial charge in [0.2, 0.25) is 11.8 Å². The maximum absolute atomic E-state index is 13.6. The molecule has 4 aliphatic rings. The number of benzene rings is 4. The van der Waals surface area contributed by atoms with Crippen LogP contribution in [0.5, 0.6) is 0 Å². The molecule has 2 saturated heterocycles. The molecule has 4 aromatic carbocycles. The third-order valence-electron chi connectivity index (χ3n) is 12.9. The number of H-pyrrole nitrogens is 1. The maximum atomic E-state index is 13.6. The summed E-state index contributed by atoms with van der Waals surface area (Å²) < 4.78 is 4.93. The normalized spacial score (nSPS) is 25.2. The summed E-state index contributed by atoms with van der Waals surface area (Å²) in [6.45, 7) is 12.5. The number of piperidine rings is 2. The minimum atomic E-state index is -0.695. The van der Waals surface area contributed by atoms with Gasteiger partial charge >= 0.3 is 6.09 Å². The number of imidazole rings is 1. The van der Waals surface area contributed by atoms with Gasteiger partial charge in [0, 0.05) is 53.1 Å². The number of nitrogens with one attached hydrogen (secondary N) is 3. The molecule has 3 amide bonds. The monoisotopic (exact) mass is 792 g/mol. The first-order chi connectivity index (χ1) is 28.3. The molecule has 1 aromatic heterocycles. The lowest BCUT2D eigenvalue weighted by molar-refractivity contribution is -0.137. The largest absolute Gasteiger partial charge is 0.453 e. The van der Waals surface area contributed by atoms with E-state index < -0.39 is 17.4 Å². The quantitative estimate of drug-likeness (QED) is 0.0833. The summed E-state index contributed by atoms with van der Waals surface area (Å²) in [6, 6.07) is 20.2. The number of amides is 3. The second-order valence-corrected chi connectivity index (χ2v) is 17.9. The van der Waals surface area contributed by atoms with Crippen molar-refractivity contribution in [1.82, 2.24) is 25.1 Å². The third-order valence-corrected chi connectivity index (χ3v) is 12.9. The Morgan fingerprint density at radius 3 is 2.25 bits per heavy atom. The summed E-state index contributed by atoms with van der Waals surface area (Å²) >= 11 is 0. The average molecular weight is 793 g/mol. The van der Waals surface area contributed by atoms with Crippen LogP contribution in [0.2, 0.25) is 0 Å². The molecule has 0 unspecified atom stereocenters. The number of ether oxygens (including phenoxy) is 1. The van der Waals surface area contributed by atoms with E-state index in [1.165, 1.54) is 7.11 Å². The summed E-state index contributed by atoms with van der Waals surface area (Å²) in [7, 11) is 1.35. The van der Waals surface area contributed by atoms with Crippen molar-refractivity contribution in [3.63, 3.8) is 0 Å². The van der Waals surface area contributed by atoms with E-state index in [0.717, 1.165) is 86.6 Å². The first-order valence-electron chi connectivity index (χ1n) is 20.8. The second-order valence-electron chi connectivity index (χ2n) is 17.9. The van der Waals surface area contributed by atoms with Crippen LogP contribution in [0.15, 0.2) is 65.7 Å². The summed E-state index contributed by atoms with van der Waals surface area (Å²) in [4.78, 5) is 56.0. The molecule has 5 N–H and O–H groups in total. The van der Waals surface area contributed by atoms with Crippen molar-refractivity contribution in [3.8, 4) is 11.8 Å². The number of methoxy groups -OCH3 is 1. The Morgan fingerprint density at radius 2 is 1.58 bits per heavy atom. The smallest absolute Gasteiger partial charge is 0.408 e. The molecule has 4 fully saturated rings.